The second-order valence-electron chi connectivity index (χ2n) is 7.46. The van der Waals surface area contributed by atoms with Gasteiger partial charge in [0, 0.05) is 5.02 Å². The third kappa shape index (κ3) is 5.46. The Bertz CT molecular complexity index is 1160. The van der Waals surface area contributed by atoms with Crippen LogP contribution in [0.25, 0.3) is 0 Å². The molecule has 0 spiro atoms. The van der Waals surface area contributed by atoms with Crippen molar-refractivity contribution in [1.82, 2.24) is 5.32 Å². The van der Waals surface area contributed by atoms with Gasteiger partial charge in [0.2, 0.25) is 5.91 Å². The summed E-state index contributed by atoms with van der Waals surface area (Å²) in [5, 5.41) is 3.39. The molecule has 3 rings (SSSR count). The predicted molar refractivity (Wildman–Crippen MR) is 125 cm³/mol. The Morgan fingerprint density at radius 1 is 1.00 bits per heavy atom. The van der Waals surface area contributed by atoms with Crippen LogP contribution in [0.1, 0.15) is 29.7 Å². The smallest absolute Gasteiger partial charge is 0.264 e. The molecule has 3 aromatic rings. The Labute approximate surface area is 188 Å². The van der Waals surface area contributed by atoms with Crippen molar-refractivity contribution in [3.63, 3.8) is 0 Å². The first kappa shape index (κ1) is 22.8. The average molecular weight is 457 g/mol. The summed E-state index contributed by atoms with van der Waals surface area (Å²) in [5.41, 5.74) is 2.95. The van der Waals surface area contributed by atoms with Crippen LogP contribution in [0.3, 0.4) is 0 Å². The van der Waals surface area contributed by atoms with Crippen molar-refractivity contribution in [2.45, 2.75) is 31.7 Å². The molecule has 0 aliphatic heterocycles. The topological polar surface area (TPSA) is 66.5 Å². The number of halogens is 1. The molecule has 1 atom stereocenters. The third-order valence-electron chi connectivity index (χ3n) is 5.00. The number of amides is 1. The monoisotopic (exact) mass is 456 g/mol. The normalized spacial score (nSPS) is 12.3. The van der Waals surface area contributed by atoms with Crippen LogP contribution in [-0.2, 0) is 14.8 Å². The summed E-state index contributed by atoms with van der Waals surface area (Å²) in [7, 11) is -3.97. The Hall–Kier alpha value is -2.83. The van der Waals surface area contributed by atoms with Gasteiger partial charge in [0.1, 0.15) is 6.54 Å². The van der Waals surface area contributed by atoms with Crippen molar-refractivity contribution >= 4 is 33.2 Å². The maximum atomic E-state index is 13.5. The second kappa shape index (κ2) is 9.54. The first-order chi connectivity index (χ1) is 14.7. The van der Waals surface area contributed by atoms with E-state index in [0.717, 1.165) is 15.4 Å². The lowest BCUT2D eigenvalue weighted by molar-refractivity contribution is -0.120. The van der Waals surface area contributed by atoms with Crippen LogP contribution in [-0.4, -0.2) is 20.9 Å². The lowest BCUT2D eigenvalue weighted by Gasteiger charge is -2.26. The highest BCUT2D eigenvalue weighted by atomic mass is 35.5. The quantitative estimate of drug-likeness (QED) is 0.542. The number of anilines is 1. The molecule has 0 aromatic heterocycles. The Morgan fingerprint density at radius 3 is 2.26 bits per heavy atom. The average Bonchev–Trinajstić information content (AvgIpc) is 2.73. The number of hydrogen-bond acceptors (Lipinski definition) is 3. The molecule has 0 radical (unpaired) electrons. The van der Waals surface area contributed by atoms with Gasteiger partial charge >= 0.3 is 0 Å². The zero-order chi connectivity index (χ0) is 22.6. The van der Waals surface area contributed by atoms with Crippen LogP contribution in [0.2, 0.25) is 5.02 Å². The zero-order valence-corrected chi connectivity index (χ0v) is 19.2. The number of rotatable bonds is 7. The van der Waals surface area contributed by atoms with Crippen LogP contribution in [0.5, 0.6) is 0 Å². The molecule has 1 N–H and O–H groups in total. The number of carbonyl (C=O) groups is 1. The minimum Gasteiger partial charge on any atom is -0.348 e. The highest BCUT2D eigenvalue weighted by molar-refractivity contribution is 7.92. The first-order valence-electron chi connectivity index (χ1n) is 9.88. The van der Waals surface area contributed by atoms with Gasteiger partial charge in [0.15, 0.2) is 0 Å². The fourth-order valence-corrected chi connectivity index (χ4v) is 4.99. The van der Waals surface area contributed by atoms with E-state index in [1.807, 2.05) is 44.2 Å². The highest BCUT2D eigenvalue weighted by Crippen LogP contribution is 2.29. The molecule has 0 aliphatic carbocycles. The number of sulfonamides is 1. The van der Waals surface area contributed by atoms with E-state index in [9.17, 15) is 13.2 Å². The molecule has 5 nitrogen and oxygen atoms in total. The van der Waals surface area contributed by atoms with E-state index in [1.165, 1.54) is 0 Å². The molecule has 0 aliphatic rings. The van der Waals surface area contributed by atoms with E-state index in [4.69, 9.17) is 11.6 Å². The molecule has 0 fully saturated rings. The van der Waals surface area contributed by atoms with E-state index >= 15 is 0 Å². The summed E-state index contributed by atoms with van der Waals surface area (Å²) in [6.07, 6.45) is 0. The van der Waals surface area contributed by atoms with Gasteiger partial charge in [0.05, 0.1) is 16.6 Å². The molecule has 7 heteroatoms. The van der Waals surface area contributed by atoms with Gasteiger partial charge in [-0.2, -0.15) is 0 Å². The van der Waals surface area contributed by atoms with Gasteiger partial charge in [-0.15, -0.1) is 0 Å². The number of nitrogens with one attached hydrogen (secondary N) is 1. The minimum absolute atomic E-state index is 0.122. The van der Waals surface area contributed by atoms with Crippen molar-refractivity contribution in [3.8, 4) is 0 Å². The van der Waals surface area contributed by atoms with Gasteiger partial charge in [-0.3, -0.25) is 9.10 Å². The summed E-state index contributed by atoms with van der Waals surface area (Å²) < 4.78 is 28.1. The van der Waals surface area contributed by atoms with Crippen LogP contribution in [0, 0.1) is 13.8 Å². The molecule has 0 saturated heterocycles. The molecule has 0 bridgehead atoms. The van der Waals surface area contributed by atoms with E-state index in [0.29, 0.717) is 16.3 Å². The largest absolute Gasteiger partial charge is 0.348 e. The molecule has 0 heterocycles. The number of carbonyl (C=O) groups excluding carboxylic acids is 1. The van der Waals surface area contributed by atoms with Gasteiger partial charge in [-0.05, 0) is 62.2 Å². The zero-order valence-electron chi connectivity index (χ0n) is 17.7. The summed E-state index contributed by atoms with van der Waals surface area (Å²) >= 11 is 6.07. The molecule has 0 saturated carbocycles. The van der Waals surface area contributed by atoms with Crippen molar-refractivity contribution in [3.05, 3.63) is 94.5 Å². The number of benzene rings is 3. The van der Waals surface area contributed by atoms with Gasteiger partial charge in [0.25, 0.3) is 10.0 Å². The van der Waals surface area contributed by atoms with Crippen molar-refractivity contribution in [2.24, 2.45) is 0 Å². The van der Waals surface area contributed by atoms with Crippen molar-refractivity contribution in [2.75, 3.05) is 10.8 Å². The van der Waals surface area contributed by atoms with Gasteiger partial charge in [-0.25, -0.2) is 8.42 Å². The van der Waals surface area contributed by atoms with E-state index in [1.54, 1.807) is 49.4 Å². The highest BCUT2D eigenvalue weighted by Gasteiger charge is 2.28. The van der Waals surface area contributed by atoms with Gasteiger partial charge in [-0.1, -0.05) is 59.6 Å². The SMILES string of the molecule is Cc1ccc(S(=O)(=O)N(CC(=O)N[C@@H](C)c2ccccc2)c2ccc(Cl)cc2C)cc1. The molecule has 162 valence electrons. The fraction of sp³-hybridized carbons (Fsp3) is 0.208. The van der Waals surface area contributed by atoms with Crippen molar-refractivity contribution in [1.29, 1.82) is 0 Å². The number of hydrogen-bond donors (Lipinski definition) is 1. The summed E-state index contributed by atoms with van der Waals surface area (Å²) in [6, 6.07) is 20.7. The molecule has 31 heavy (non-hydrogen) atoms. The minimum atomic E-state index is -3.97. The third-order valence-corrected chi connectivity index (χ3v) is 7.01. The standard InChI is InChI=1S/C24H25ClN2O3S/c1-17-9-12-22(13-10-17)31(29,30)27(23-14-11-21(25)15-18(23)2)16-24(28)26-19(3)20-7-5-4-6-8-20/h4-15,19H,16H2,1-3H3,(H,26,28)/t19-/m0/s1. The Kier molecular flexibility index (Phi) is 7.03. The second-order valence-corrected chi connectivity index (χ2v) is 9.75. The maximum absolute atomic E-state index is 13.5. The Morgan fingerprint density at radius 2 is 1.65 bits per heavy atom. The summed E-state index contributed by atoms with van der Waals surface area (Å²) in [5.74, 6) is -0.401. The van der Waals surface area contributed by atoms with Gasteiger partial charge < -0.3 is 5.32 Å². The van der Waals surface area contributed by atoms with Crippen LogP contribution in [0.4, 0.5) is 5.69 Å². The molecule has 1 amide bonds. The lowest BCUT2D eigenvalue weighted by Crippen LogP contribution is -2.41. The lowest BCUT2D eigenvalue weighted by atomic mass is 10.1. The molecular formula is C24H25ClN2O3S. The van der Waals surface area contributed by atoms with Crippen molar-refractivity contribution < 1.29 is 13.2 Å². The summed E-state index contributed by atoms with van der Waals surface area (Å²) in [6.45, 7) is 5.16. The molecule has 3 aromatic carbocycles. The molecule has 0 unspecified atom stereocenters. The fourth-order valence-electron chi connectivity index (χ4n) is 3.28. The summed E-state index contributed by atoms with van der Waals surface area (Å²) in [4.78, 5) is 13.0. The number of nitrogens with zero attached hydrogens (tertiary/aromatic N) is 1. The number of aryl methyl sites for hydroxylation is 2. The van der Waals surface area contributed by atoms with Crippen LogP contribution in [0.15, 0.2) is 77.7 Å². The maximum Gasteiger partial charge on any atom is 0.264 e. The molecular weight excluding hydrogens is 432 g/mol. The van der Waals surface area contributed by atoms with Crippen LogP contribution >= 0.6 is 11.6 Å². The van der Waals surface area contributed by atoms with E-state index in [2.05, 4.69) is 5.32 Å². The first-order valence-corrected chi connectivity index (χ1v) is 11.7. The van der Waals surface area contributed by atoms with Crippen LogP contribution < -0.4 is 9.62 Å². The van der Waals surface area contributed by atoms with E-state index < -0.39 is 15.9 Å². The predicted octanol–water partition coefficient (Wildman–Crippen LogP) is 5.03. The Balaban J connectivity index is 1.94. The van der Waals surface area contributed by atoms with E-state index in [-0.39, 0.29) is 17.5 Å².